The van der Waals surface area contributed by atoms with Crippen LogP contribution in [0, 0.1) is 17.0 Å². The van der Waals surface area contributed by atoms with Crippen LogP contribution in [0.1, 0.15) is 20.3 Å². The summed E-state index contributed by atoms with van der Waals surface area (Å²) in [6.45, 7) is 6.53. The summed E-state index contributed by atoms with van der Waals surface area (Å²) in [6.07, 6.45) is 2.54. The monoisotopic (exact) mass is 343 g/mol. The fraction of sp³-hybridized carbons (Fsp3) is 0.316. The van der Waals surface area contributed by atoms with E-state index >= 15 is 0 Å². The Hall–Kier alpha value is -2.63. The van der Waals surface area contributed by atoms with E-state index in [9.17, 15) is 13.9 Å². The Bertz CT molecular complexity index is 943. The molecular weight excluding hydrogens is 324 g/mol. The second-order valence-corrected chi connectivity index (χ2v) is 7.05. The number of phenols is 1. The highest BCUT2D eigenvalue weighted by molar-refractivity contribution is 5.82. The summed E-state index contributed by atoms with van der Waals surface area (Å²) in [4.78, 5) is 2.30. The molecule has 0 radical (unpaired) electrons. The van der Waals surface area contributed by atoms with Crippen molar-refractivity contribution in [2.45, 2.75) is 20.3 Å². The second kappa shape index (κ2) is 5.44. The summed E-state index contributed by atoms with van der Waals surface area (Å²) in [5, 5.41) is 14.0. The van der Waals surface area contributed by atoms with Crippen molar-refractivity contribution >= 4 is 16.6 Å². The highest BCUT2D eigenvalue weighted by Gasteiger charge is 2.36. The molecule has 0 atom stereocenters. The molecule has 6 heteroatoms. The van der Waals surface area contributed by atoms with Gasteiger partial charge >= 0.3 is 0 Å². The molecule has 3 aromatic rings. The van der Waals surface area contributed by atoms with Gasteiger partial charge in [-0.1, -0.05) is 13.8 Å². The van der Waals surface area contributed by atoms with Crippen LogP contribution in [0.4, 0.5) is 14.5 Å². The maximum absolute atomic E-state index is 14.3. The minimum atomic E-state index is -1.00. The topological polar surface area (TPSA) is 41.3 Å². The molecule has 0 amide bonds. The van der Waals surface area contributed by atoms with E-state index in [0.29, 0.717) is 16.5 Å². The lowest BCUT2D eigenvalue weighted by atomic mass is 9.79. The van der Waals surface area contributed by atoms with Gasteiger partial charge in [0.1, 0.15) is 5.52 Å². The number of fused-ring (bicyclic) bond motifs is 1. The molecule has 1 N–H and O–H groups in total. The van der Waals surface area contributed by atoms with E-state index in [1.807, 2.05) is 24.3 Å². The van der Waals surface area contributed by atoms with Gasteiger partial charge in [-0.05, 0) is 36.8 Å². The Kier molecular flexibility index (Phi) is 3.45. The molecule has 4 nitrogen and oxygen atoms in total. The highest BCUT2D eigenvalue weighted by Crippen LogP contribution is 2.37. The Morgan fingerprint density at radius 1 is 1.16 bits per heavy atom. The molecule has 1 aromatic heterocycles. The molecule has 25 heavy (non-hydrogen) atoms. The first-order chi connectivity index (χ1) is 11.9. The fourth-order valence-electron chi connectivity index (χ4n) is 3.39. The van der Waals surface area contributed by atoms with E-state index in [2.05, 4.69) is 23.8 Å². The first-order valence-corrected chi connectivity index (χ1v) is 8.32. The number of hydrogen-bond acceptors (Lipinski definition) is 3. The van der Waals surface area contributed by atoms with Crippen molar-refractivity contribution in [3.8, 4) is 11.4 Å². The van der Waals surface area contributed by atoms with Crippen molar-refractivity contribution in [1.82, 2.24) is 9.78 Å². The van der Waals surface area contributed by atoms with Gasteiger partial charge in [-0.2, -0.15) is 5.10 Å². The van der Waals surface area contributed by atoms with Crippen molar-refractivity contribution in [1.29, 1.82) is 0 Å². The number of anilines is 1. The predicted molar refractivity (Wildman–Crippen MR) is 93.3 cm³/mol. The summed E-state index contributed by atoms with van der Waals surface area (Å²) in [7, 11) is 0. The SMILES string of the molecule is CCC1(C)CN(c2ccc(-n3ncc4cc(F)c(O)c(F)c43)cc2)C1. The molecule has 1 fully saturated rings. The van der Waals surface area contributed by atoms with Gasteiger partial charge in [0, 0.05) is 29.6 Å². The van der Waals surface area contributed by atoms with Crippen LogP contribution in [0.2, 0.25) is 0 Å². The van der Waals surface area contributed by atoms with Crippen molar-refractivity contribution in [3.63, 3.8) is 0 Å². The zero-order valence-corrected chi connectivity index (χ0v) is 14.1. The Morgan fingerprint density at radius 2 is 1.80 bits per heavy atom. The van der Waals surface area contributed by atoms with Crippen molar-refractivity contribution in [2.75, 3.05) is 18.0 Å². The van der Waals surface area contributed by atoms with Gasteiger partial charge in [0.2, 0.25) is 0 Å². The van der Waals surface area contributed by atoms with Crippen LogP contribution in [0.25, 0.3) is 16.6 Å². The molecule has 1 saturated heterocycles. The molecule has 2 heterocycles. The van der Waals surface area contributed by atoms with Gasteiger partial charge in [0.15, 0.2) is 17.4 Å². The van der Waals surface area contributed by atoms with Crippen LogP contribution in [-0.2, 0) is 0 Å². The van der Waals surface area contributed by atoms with Gasteiger partial charge in [-0.3, -0.25) is 0 Å². The average molecular weight is 343 g/mol. The van der Waals surface area contributed by atoms with Crippen LogP contribution in [0.5, 0.6) is 5.75 Å². The summed E-state index contributed by atoms with van der Waals surface area (Å²) in [5.74, 6) is -2.97. The van der Waals surface area contributed by atoms with Crippen LogP contribution in [0.3, 0.4) is 0 Å². The fourth-order valence-corrected chi connectivity index (χ4v) is 3.39. The number of hydrogen-bond donors (Lipinski definition) is 1. The third-order valence-corrected chi connectivity index (χ3v) is 5.18. The molecule has 1 aliphatic rings. The maximum atomic E-state index is 14.3. The smallest absolute Gasteiger partial charge is 0.194 e. The Labute approximate surface area is 144 Å². The standard InChI is InChI=1S/C19H19F2N3O/c1-3-19(2)10-23(11-19)13-4-6-14(7-5-13)24-17-12(9-22-24)8-15(20)18(25)16(17)21/h4-9,25H,3,10-11H2,1-2H3. The summed E-state index contributed by atoms with van der Waals surface area (Å²) < 4.78 is 29.1. The Morgan fingerprint density at radius 3 is 2.44 bits per heavy atom. The minimum Gasteiger partial charge on any atom is -0.503 e. The van der Waals surface area contributed by atoms with Gasteiger partial charge in [-0.15, -0.1) is 0 Å². The molecule has 0 spiro atoms. The lowest BCUT2D eigenvalue weighted by Gasteiger charge is -2.49. The maximum Gasteiger partial charge on any atom is 0.194 e. The van der Waals surface area contributed by atoms with Crippen molar-refractivity contribution < 1.29 is 13.9 Å². The van der Waals surface area contributed by atoms with E-state index in [1.165, 1.54) is 10.9 Å². The molecule has 1 aliphatic heterocycles. The molecular formula is C19H19F2N3O. The number of benzene rings is 2. The van der Waals surface area contributed by atoms with Gasteiger partial charge in [-0.25, -0.2) is 13.5 Å². The summed E-state index contributed by atoms with van der Waals surface area (Å²) >= 11 is 0. The van der Waals surface area contributed by atoms with Crippen molar-refractivity contribution in [3.05, 3.63) is 48.2 Å². The summed E-state index contributed by atoms with van der Waals surface area (Å²) in [6, 6.07) is 8.72. The number of rotatable bonds is 3. The number of aromatic nitrogens is 2. The zero-order valence-electron chi connectivity index (χ0n) is 14.1. The Balaban J connectivity index is 1.67. The van der Waals surface area contributed by atoms with E-state index in [1.54, 1.807) is 0 Å². The lowest BCUT2D eigenvalue weighted by molar-refractivity contribution is 0.234. The lowest BCUT2D eigenvalue weighted by Crippen LogP contribution is -2.54. The molecule has 0 unspecified atom stereocenters. The van der Waals surface area contributed by atoms with E-state index in [0.717, 1.165) is 31.3 Å². The van der Waals surface area contributed by atoms with E-state index in [-0.39, 0.29) is 5.52 Å². The number of nitrogens with zero attached hydrogens (tertiary/aromatic N) is 3. The summed E-state index contributed by atoms with van der Waals surface area (Å²) in [5.41, 5.74) is 2.21. The van der Waals surface area contributed by atoms with Gasteiger partial charge in [0.05, 0.1) is 11.9 Å². The molecule has 0 saturated carbocycles. The number of aromatic hydroxyl groups is 1. The normalized spacial score (nSPS) is 16.2. The molecule has 4 rings (SSSR count). The van der Waals surface area contributed by atoms with Crippen LogP contribution < -0.4 is 4.90 Å². The average Bonchev–Trinajstić information content (AvgIpc) is 3.01. The molecule has 0 aliphatic carbocycles. The zero-order chi connectivity index (χ0) is 17.8. The highest BCUT2D eigenvalue weighted by atomic mass is 19.1. The van der Waals surface area contributed by atoms with Crippen LogP contribution in [-0.4, -0.2) is 28.0 Å². The van der Waals surface area contributed by atoms with Crippen molar-refractivity contribution in [2.24, 2.45) is 5.41 Å². The van der Waals surface area contributed by atoms with E-state index < -0.39 is 17.4 Å². The quantitative estimate of drug-likeness (QED) is 0.773. The van der Waals surface area contributed by atoms with Gasteiger partial charge < -0.3 is 10.0 Å². The third kappa shape index (κ3) is 2.44. The van der Waals surface area contributed by atoms with Gasteiger partial charge in [0.25, 0.3) is 0 Å². The number of halogens is 2. The van der Waals surface area contributed by atoms with E-state index in [4.69, 9.17) is 0 Å². The third-order valence-electron chi connectivity index (χ3n) is 5.18. The van der Waals surface area contributed by atoms with Crippen LogP contribution >= 0.6 is 0 Å². The predicted octanol–water partition coefficient (Wildman–Crippen LogP) is 4.25. The number of phenolic OH excluding ortho intramolecular Hbond substituents is 1. The molecule has 2 aromatic carbocycles. The second-order valence-electron chi connectivity index (χ2n) is 7.05. The first-order valence-electron chi connectivity index (χ1n) is 8.32. The minimum absolute atomic E-state index is 0.0640. The first kappa shape index (κ1) is 15.9. The van der Waals surface area contributed by atoms with Crippen LogP contribution in [0.15, 0.2) is 36.5 Å². The largest absolute Gasteiger partial charge is 0.503 e. The molecule has 0 bridgehead atoms. The molecule has 130 valence electrons.